The van der Waals surface area contributed by atoms with Gasteiger partial charge in [0.1, 0.15) is 18.3 Å². The minimum absolute atomic E-state index is 0.0442. The lowest BCUT2D eigenvalue weighted by atomic mass is 10.0. The molecule has 0 unspecified atom stereocenters. The third-order valence-electron chi connectivity index (χ3n) is 8.23. The molecule has 0 aliphatic carbocycles. The van der Waals surface area contributed by atoms with Crippen LogP contribution in [-0.2, 0) is 32.6 Å². The first-order chi connectivity index (χ1) is 24.0. The molecule has 10 nitrogen and oxygen atoms in total. The molecule has 0 fully saturated rings. The van der Waals surface area contributed by atoms with Gasteiger partial charge in [0, 0.05) is 30.1 Å². The lowest BCUT2D eigenvalue weighted by molar-refractivity contribution is -0.140. The number of nitrogens with one attached hydrogen (secondary N) is 1. The van der Waals surface area contributed by atoms with Crippen molar-refractivity contribution >= 4 is 39.1 Å². The van der Waals surface area contributed by atoms with Gasteiger partial charge in [-0.05, 0) is 73.9 Å². The van der Waals surface area contributed by atoms with Crippen LogP contribution < -0.4 is 23.8 Å². The van der Waals surface area contributed by atoms with Crippen LogP contribution in [0.2, 0.25) is 5.02 Å². The zero-order valence-electron chi connectivity index (χ0n) is 29.0. The Bertz CT molecular complexity index is 1840. The van der Waals surface area contributed by atoms with E-state index in [1.807, 2.05) is 51.1 Å². The molecule has 2 amide bonds. The Morgan fingerprint density at radius 2 is 1.52 bits per heavy atom. The van der Waals surface area contributed by atoms with Crippen LogP contribution in [0.4, 0.5) is 5.69 Å². The van der Waals surface area contributed by atoms with Crippen LogP contribution in [0, 0.1) is 0 Å². The van der Waals surface area contributed by atoms with Crippen LogP contribution in [-0.4, -0.2) is 64.6 Å². The second-order valence-corrected chi connectivity index (χ2v) is 13.9. The molecule has 0 aromatic heterocycles. The molecule has 266 valence electrons. The summed E-state index contributed by atoms with van der Waals surface area (Å²) in [4.78, 5) is 30.1. The molecule has 0 saturated heterocycles. The van der Waals surface area contributed by atoms with E-state index >= 15 is 0 Å². The monoisotopic (exact) mass is 721 g/mol. The van der Waals surface area contributed by atoms with E-state index in [4.69, 9.17) is 25.8 Å². The number of methoxy groups -OCH3 is 2. The average Bonchev–Trinajstić information content (AvgIpc) is 3.13. The second-order valence-electron chi connectivity index (χ2n) is 11.6. The van der Waals surface area contributed by atoms with Crippen molar-refractivity contribution in [1.29, 1.82) is 0 Å². The molecule has 0 saturated carbocycles. The SMILES string of the molecule is CCOc1ccc(N(CC(=O)N(Cc2ccccc2Cl)[C@@H](Cc2ccccc2)C(=O)N[C@H](C)CC)S(=O)(=O)c2ccc(OC)c(OC)c2)cc1. The first-order valence-electron chi connectivity index (χ1n) is 16.4. The van der Waals surface area contributed by atoms with Crippen LogP contribution in [0.15, 0.2) is 102 Å². The van der Waals surface area contributed by atoms with Crippen LogP contribution in [0.3, 0.4) is 0 Å². The summed E-state index contributed by atoms with van der Waals surface area (Å²) < 4.78 is 46.3. The number of halogens is 1. The predicted octanol–water partition coefficient (Wildman–Crippen LogP) is 6.51. The molecule has 0 aliphatic rings. The number of ether oxygens (including phenoxy) is 3. The molecule has 0 heterocycles. The number of hydrogen-bond acceptors (Lipinski definition) is 7. The fourth-order valence-electron chi connectivity index (χ4n) is 5.31. The van der Waals surface area contributed by atoms with E-state index < -0.39 is 28.5 Å². The van der Waals surface area contributed by atoms with Crippen molar-refractivity contribution in [2.24, 2.45) is 0 Å². The molecule has 4 aromatic rings. The molecule has 12 heteroatoms. The van der Waals surface area contributed by atoms with Crippen LogP contribution in [0.25, 0.3) is 0 Å². The number of anilines is 1. The number of nitrogens with zero attached hydrogens (tertiary/aromatic N) is 2. The maximum absolute atomic E-state index is 14.7. The van der Waals surface area contributed by atoms with Gasteiger partial charge < -0.3 is 24.4 Å². The summed E-state index contributed by atoms with van der Waals surface area (Å²) in [7, 11) is -1.53. The number of benzene rings is 4. The fourth-order valence-corrected chi connectivity index (χ4v) is 6.94. The molecule has 0 spiro atoms. The minimum Gasteiger partial charge on any atom is -0.494 e. The van der Waals surface area contributed by atoms with E-state index in [0.29, 0.717) is 35.1 Å². The van der Waals surface area contributed by atoms with Crippen molar-refractivity contribution in [3.05, 3.63) is 113 Å². The Labute approximate surface area is 300 Å². The van der Waals surface area contributed by atoms with Crippen molar-refractivity contribution in [3.63, 3.8) is 0 Å². The lowest BCUT2D eigenvalue weighted by Crippen LogP contribution is -2.54. The summed E-state index contributed by atoms with van der Waals surface area (Å²) in [5.41, 5.74) is 1.65. The Kier molecular flexibility index (Phi) is 13.5. The van der Waals surface area contributed by atoms with E-state index in [0.717, 1.165) is 9.87 Å². The third-order valence-corrected chi connectivity index (χ3v) is 10.4. The van der Waals surface area contributed by atoms with Crippen LogP contribution in [0.1, 0.15) is 38.3 Å². The smallest absolute Gasteiger partial charge is 0.264 e. The van der Waals surface area contributed by atoms with E-state index in [2.05, 4.69) is 5.32 Å². The van der Waals surface area contributed by atoms with E-state index in [9.17, 15) is 18.0 Å². The first kappa shape index (κ1) is 38.1. The number of sulfonamides is 1. The number of amides is 2. The summed E-state index contributed by atoms with van der Waals surface area (Å²) in [5.74, 6) is 0.117. The third kappa shape index (κ3) is 9.48. The fraction of sp³-hybridized carbons (Fsp3) is 0.316. The van der Waals surface area contributed by atoms with Gasteiger partial charge in [0.15, 0.2) is 11.5 Å². The molecular weight excluding hydrogens is 678 g/mol. The van der Waals surface area contributed by atoms with Gasteiger partial charge in [-0.1, -0.05) is 67.1 Å². The van der Waals surface area contributed by atoms with Gasteiger partial charge in [-0.15, -0.1) is 0 Å². The number of carbonyl (C=O) groups is 2. The van der Waals surface area contributed by atoms with Crippen molar-refractivity contribution in [2.75, 3.05) is 31.7 Å². The molecule has 0 aliphatic heterocycles. The zero-order chi connectivity index (χ0) is 36.3. The summed E-state index contributed by atoms with van der Waals surface area (Å²) >= 11 is 6.59. The predicted molar refractivity (Wildman–Crippen MR) is 196 cm³/mol. The molecule has 0 radical (unpaired) electrons. The number of carbonyl (C=O) groups excluding carboxylic acids is 2. The van der Waals surface area contributed by atoms with Crippen LogP contribution >= 0.6 is 11.6 Å². The Hall–Kier alpha value is -4.74. The standard InChI is InChI=1S/C38H44ClN3O7S/c1-6-27(3)40-38(44)34(23-28-13-9-8-10-14-28)41(25-29-15-11-12-16-33(29)39)37(43)26-42(30-17-19-31(20-18-30)49-7-2)50(45,46)32-21-22-35(47-4)36(24-32)48-5/h8-22,24,27,34H,6-7,23,25-26H2,1-5H3,(H,40,44)/t27-,34+/m1/s1. The Morgan fingerprint density at radius 1 is 0.860 bits per heavy atom. The Morgan fingerprint density at radius 3 is 2.14 bits per heavy atom. The maximum Gasteiger partial charge on any atom is 0.264 e. The largest absolute Gasteiger partial charge is 0.494 e. The van der Waals surface area contributed by atoms with Crippen molar-refractivity contribution in [2.45, 2.75) is 57.1 Å². The highest BCUT2D eigenvalue weighted by Gasteiger charge is 2.35. The van der Waals surface area contributed by atoms with Gasteiger partial charge in [-0.25, -0.2) is 8.42 Å². The number of hydrogen-bond donors (Lipinski definition) is 1. The normalized spacial score (nSPS) is 12.4. The van der Waals surface area contributed by atoms with Crippen molar-refractivity contribution in [1.82, 2.24) is 10.2 Å². The molecule has 1 N–H and O–H groups in total. The highest BCUT2D eigenvalue weighted by molar-refractivity contribution is 7.92. The summed E-state index contributed by atoms with van der Waals surface area (Å²) in [6, 6.07) is 25.9. The van der Waals surface area contributed by atoms with Crippen molar-refractivity contribution in [3.8, 4) is 17.2 Å². The van der Waals surface area contributed by atoms with Crippen molar-refractivity contribution < 1.29 is 32.2 Å². The van der Waals surface area contributed by atoms with Gasteiger partial charge in [-0.2, -0.15) is 0 Å². The summed E-state index contributed by atoms with van der Waals surface area (Å²) in [5, 5.41) is 3.44. The van der Waals surface area contributed by atoms with Gasteiger partial charge in [0.05, 0.1) is 31.4 Å². The second kappa shape index (κ2) is 17.8. The van der Waals surface area contributed by atoms with Gasteiger partial charge in [0.25, 0.3) is 10.0 Å². The van der Waals surface area contributed by atoms with Gasteiger partial charge in [-0.3, -0.25) is 13.9 Å². The topological polar surface area (TPSA) is 114 Å². The van der Waals surface area contributed by atoms with E-state index in [1.54, 1.807) is 48.5 Å². The molecule has 2 atom stereocenters. The highest BCUT2D eigenvalue weighted by atomic mass is 35.5. The Balaban J connectivity index is 1.85. The summed E-state index contributed by atoms with van der Waals surface area (Å²) in [6.07, 6.45) is 0.863. The maximum atomic E-state index is 14.7. The van der Waals surface area contributed by atoms with Gasteiger partial charge >= 0.3 is 0 Å². The van der Waals surface area contributed by atoms with E-state index in [-0.39, 0.29) is 41.2 Å². The average molecular weight is 722 g/mol. The first-order valence-corrected chi connectivity index (χ1v) is 18.2. The molecule has 50 heavy (non-hydrogen) atoms. The molecule has 4 aromatic carbocycles. The summed E-state index contributed by atoms with van der Waals surface area (Å²) in [6.45, 7) is 5.44. The number of rotatable bonds is 17. The zero-order valence-corrected chi connectivity index (χ0v) is 30.5. The molecule has 4 rings (SSSR count). The minimum atomic E-state index is -4.39. The van der Waals surface area contributed by atoms with Gasteiger partial charge in [0.2, 0.25) is 11.8 Å². The highest BCUT2D eigenvalue weighted by Crippen LogP contribution is 2.33. The quantitative estimate of drug-likeness (QED) is 0.132. The molecule has 0 bridgehead atoms. The molecular formula is C38H44ClN3O7S. The lowest BCUT2D eigenvalue weighted by Gasteiger charge is -2.34. The van der Waals surface area contributed by atoms with Crippen LogP contribution in [0.5, 0.6) is 17.2 Å². The van der Waals surface area contributed by atoms with E-state index in [1.165, 1.54) is 37.3 Å².